The van der Waals surface area contributed by atoms with Crippen LogP contribution >= 0.6 is 0 Å². The van der Waals surface area contributed by atoms with E-state index in [0.717, 1.165) is 38.5 Å². The summed E-state index contributed by atoms with van der Waals surface area (Å²) in [5, 5.41) is 23.0. The molecule has 0 aliphatic heterocycles. The molecule has 0 bridgehead atoms. The highest BCUT2D eigenvalue weighted by atomic mass is 16.5. The maximum absolute atomic E-state index is 12.8. The summed E-state index contributed by atoms with van der Waals surface area (Å²) in [6.45, 7) is 9.69. The molecule has 2 aliphatic rings. The maximum Gasteiger partial charge on any atom is 0.337 e. The number of aliphatic hydroxyl groups is 2. The molecule has 0 spiro atoms. The van der Waals surface area contributed by atoms with Crippen molar-refractivity contribution in [3.05, 3.63) is 46.8 Å². The van der Waals surface area contributed by atoms with E-state index in [1.165, 1.54) is 7.11 Å². The Balaban J connectivity index is 2.67. The van der Waals surface area contributed by atoms with Crippen LogP contribution in [0, 0.1) is 11.8 Å². The van der Waals surface area contributed by atoms with Gasteiger partial charge >= 0.3 is 5.97 Å². The van der Waals surface area contributed by atoms with E-state index in [2.05, 4.69) is 25.7 Å². The fourth-order valence-corrected chi connectivity index (χ4v) is 4.51. The molecule has 0 fully saturated rings. The number of ether oxygens (including phenoxy) is 1. The summed E-state index contributed by atoms with van der Waals surface area (Å²) in [7, 11) is 1.33. The number of rotatable bonds is 7. The van der Waals surface area contributed by atoms with E-state index in [1.54, 1.807) is 6.92 Å². The van der Waals surface area contributed by atoms with E-state index >= 15 is 0 Å². The Morgan fingerprint density at radius 2 is 2.11 bits per heavy atom. The second-order valence-electron chi connectivity index (χ2n) is 7.86. The Morgan fingerprint density at radius 1 is 1.41 bits per heavy atom. The number of unbranched alkanes of at least 4 members (excludes halogenated alkanes) is 2. The van der Waals surface area contributed by atoms with Crippen LogP contribution in [0.5, 0.6) is 0 Å². The zero-order valence-electron chi connectivity index (χ0n) is 17.2. The molecular weight excluding hydrogens is 340 g/mol. The first kappa shape index (κ1) is 21.5. The molecule has 150 valence electrons. The SMILES string of the molecule is C=C(C)C1(O)C(C(=O)OC)=C(CCCCC)C(C)=C(O)[C@H]1C1C=CCCC1. The number of hydrogen-bond donors (Lipinski definition) is 2. The first-order valence-corrected chi connectivity index (χ1v) is 10.1. The minimum atomic E-state index is -1.63. The van der Waals surface area contributed by atoms with Gasteiger partial charge < -0.3 is 14.9 Å². The summed E-state index contributed by atoms with van der Waals surface area (Å²) in [5.74, 6) is -1.03. The minimum absolute atomic E-state index is 0.0488. The van der Waals surface area contributed by atoms with Crippen molar-refractivity contribution < 1.29 is 19.7 Å². The number of carbonyl (C=O) groups is 1. The van der Waals surface area contributed by atoms with Crippen molar-refractivity contribution in [1.29, 1.82) is 0 Å². The van der Waals surface area contributed by atoms with Gasteiger partial charge in [0.25, 0.3) is 0 Å². The summed E-state index contributed by atoms with van der Waals surface area (Å²) in [6.07, 6.45) is 10.6. The summed E-state index contributed by atoms with van der Waals surface area (Å²) < 4.78 is 5.07. The molecule has 0 aromatic rings. The Kier molecular flexibility index (Phi) is 7.10. The van der Waals surface area contributed by atoms with Crippen LogP contribution in [0.25, 0.3) is 0 Å². The lowest BCUT2D eigenvalue weighted by molar-refractivity contribution is -0.139. The van der Waals surface area contributed by atoms with Gasteiger partial charge in [-0.15, -0.1) is 0 Å². The van der Waals surface area contributed by atoms with Crippen molar-refractivity contribution in [2.45, 2.75) is 71.3 Å². The zero-order valence-corrected chi connectivity index (χ0v) is 17.2. The fourth-order valence-electron chi connectivity index (χ4n) is 4.51. The van der Waals surface area contributed by atoms with Crippen LogP contribution in [0.1, 0.15) is 65.7 Å². The summed E-state index contributed by atoms with van der Waals surface area (Å²) >= 11 is 0. The molecule has 0 amide bonds. The normalized spacial score (nSPS) is 28.5. The van der Waals surface area contributed by atoms with E-state index in [0.29, 0.717) is 23.1 Å². The number of methoxy groups -OCH3 is 1. The van der Waals surface area contributed by atoms with Gasteiger partial charge in [-0.2, -0.15) is 0 Å². The number of aliphatic hydroxyl groups excluding tert-OH is 1. The van der Waals surface area contributed by atoms with E-state index in [1.807, 2.05) is 6.92 Å². The lowest BCUT2D eigenvalue weighted by Gasteiger charge is -2.45. The zero-order chi connectivity index (χ0) is 20.2. The van der Waals surface area contributed by atoms with Crippen LogP contribution in [0.2, 0.25) is 0 Å². The fraction of sp³-hybridized carbons (Fsp3) is 0.609. The third-order valence-electron chi connectivity index (χ3n) is 6.05. The average Bonchev–Trinajstić information content (AvgIpc) is 2.66. The number of allylic oxidation sites excluding steroid dienone is 4. The monoisotopic (exact) mass is 374 g/mol. The van der Waals surface area contributed by atoms with Crippen LogP contribution in [-0.2, 0) is 9.53 Å². The molecule has 0 saturated carbocycles. The molecule has 0 aromatic heterocycles. The summed E-state index contributed by atoms with van der Waals surface area (Å²) in [5.41, 5.74) is 0.479. The predicted molar refractivity (Wildman–Crippen MR) is 108 cm³/mol. The van der Waals surface area contributed by atoms with Gasteiger partial charge in [-0.1, -0.05) is 38.5 Å². The lowest BCUT2D eigenvalue weighted by Crippen LogP contribution is -2.50. The molecule has 4 heteroatoms. The van der Waals surface area contributed by atoms with Gasteiger partial charge in [-0.05, 0) is 68.6 Å². The molecule has 2 rings (SSSR count). The van der Waals surface area contributed by atoms with E-state index < -0.39 is 17.5 Å². The molecular formula is C23H34O4. The topological polar surface area (TPSA) is 66.8 Å². The van der Waals surface area contributed by atoms with Gasteiger partial charge in [0.1, 0.15) is 11.4 Å². The predicted octanol–water partition coefficient (Wildman–Crippen LogP) is 5.16. The summed E-state index contributed by atoms with van der Waals surface area (Å²) in [4.78, 5) is 12.8. The largest absolute Gasteiger partial charge is 0.512 e. The van der Waals surface area contributed by atoms with Gasteiger partial charge in [-0.25, -0.2) is 4.79 Å². The van der Waals surface area contributed by atoms with E-state index in [-0.39, 0.29) is 17.3 Å². The first-order chi connectivity index (χ1) is 12.8. The highest BCUT2D eigenvalue weighted by Gasteiger charge is 2.53. The van der Waals surface area contributed by atoms with Crippen molar-refractivity contribution in [2.75, 3.05) is 7.11 Å². The molecule has 2 aliphatic carbocycles. The Labute approximate surface area is 163 Å². The Bertz CT molecular complexity index is 682. The highest BCUT2D eigenvalue weighted by Crippen LogP contribution is 2.50. The van der Waals surface area contributed by atoms with Crippen molar-refractivity contribution >= 4 is 5.97 Å². The Morgan fingerprint density at radius 3 is 2.63 bits per heavy atom. The number of carbonyl (C=O) groups excluding carboxylic acids is 1. The lowest BCUT2D eigenvalue weighted by atomic mass is 9.62. The quantitative estimate of drug-likeness (QED) is 0.367. The molecule has 2 unspecified atom stereocenters. The highest BCUT2D eigenvalue weighted by molar-refractivity contribution is 5.94. The van der Waals surface area contributed by atoms with Crippen LogP contribution < -0.4 is 0 Å². The van der Waals surface area contributed by atoms with Crippen molar-refractivity contribution in [3.8, 4) is 0 Å². The van der Waals surface area contributed by atoms with Crippen LogP contribution in [0.4, 0.5) is 0 Å². The molecule has 0 radical (unpaired) electrons. The average molecular weight is 375 g/mol. The van der Waals surface area contributed by atoms with Gasteiger partial charge in [0.2, 0.25) is 0 Å². The molecule has 0 saturated heterocycles. The van der Waals surface area contributed by atoms with Crippen LogP contribution in [0.15, 0.2) is 46.8 Å². The molecule has 0 heterocycles. The molecule has 2 N–H and O–H groups in total. The second kappa shape index (κ2) is 8.92. The molecule has 27 heavy (non-hydrogen) atoms. The molecule has 0 aromatic carbocycles. The van der Waals surface area contributed by atoms with Gasteiger partial charge in [0.05, 0.1) is 18.6 Å². The van der Waals surface area contributed by atoms with E-state index in [4.69, 9.17) is 4.74 Å². The molecule has 3 atom stereocenters. The van der Waals surface area contributed by atoms with Crippen LogP contribution in [0.3, 0.4) is 0 Å². The minimum Gasteiger partial charge on any atom is -0.512 e. The van der Waals surface area contributed by atoms with Gasteiger partial charge in [0.15, 0.2) is 0 Å². The van der Waals surface area contributed by atoms with Gasteiger partial charge in [0, 0.05) is 0 Å². The summed E-state index contributed by atoms with van der Waals surface area (Å²) in [6, 6.07) is 0. The van der Waals surface area contributed by atoms with E-state index in [9.17, 15) is 15.0 Å². The Hall–Kier alpha value is -1.81. The van der Waals surface area contributed by atoms with Crippen LogP contribution in [-0.4, -0.2) is 28.9 Å². The first-order valence-electron chi connectivity index (χ1n) is 10.1. The van der Waals surface area contributed by atoms with Crippen molar-refractivity contribution in [2.24, 2.45) is 11.8 Å². The second-order valence-corrected chi connectivity index (χ2v) is 7.86. The smallest absolute Gasteiger partial charge is 0.337 e. The van der Waals surface area contributed by atoms with Gasteiger partial charge in [-0.3, -0.25) is 0 Å². The van der Waals surface area contributed by atoms with Crippen molar-refractivity contribution in [1.82, 2.24) is 0 Å². The van der Waals surface area contributed by atoms with Crippen molar-refractivity contribution in [3.63, 3.8) is 0 Å². The third kappa shape index (κ3) is 3.91. The number of hydrogen-bond acceptors (Lipinski definition) is 4. The standard InChI is InChI=1S/C23H34O4/c1-6-7-9-14-18-16(4)21(24)19(17-12-10-8-11-13-17)23(26,15(2)3)20(18)22(25)27-5/h10,12,17,19,24,26H,2,6-9,11,13-14H2,1,3-5H3/t17?,19-,23?/m1/s1. The third-order valence-corrected chi connectivity index (χ3v) is 6.05. The molecule has 4 nitrogen and oxygen atoms in total. The number of esters is 1. The maximum atomic E-state index is 12.8.